The number of nitrogens with zero attached hydrogens (tertiary/aromatic N) is 1. The normalized spacial score (nSPS) is 12.8. The predicted molar refractivity (Wildman–Crippen MR) is 100 cm³/mol. The molecule has 2 rings (SSSR count). The molecule has 0 unspecified atom stereocenters. The lowest BCUT2D eigenvalue weighted by Crippen LogP contribution is -2.33. The van der Waals surface area contributed by atoms with Crippen LogP contribution in [0, 0.1) is 0 Å². The van der Waals surface area contributed by atoms with E-state index in [0.29, 0.717) is 6.54 Å². The fourth-order valence-electron chi connectivity index (χ4n) is 2.33. The van der Waals surface area contributed by atoms with Gasteiger partial charge >= 0.3 is 6.09 Å². The summed E-state index contributed by atoms with van der Waals surface area (Å²) in [4.78, 5) is 14.9. The summed E-state index contributed by atoms with van der Waals surface area (Å²) in [5.74, 6) is 0. The number of ether oxygens (including phenoxy) is 1. The van der Waals surface area contributed by atoms with Crippen LogP contribution in [0.2, 0.25) is 0 Å². The number of thiophene rings is 1. The van der Waals surface area contributed by atoms with Crippen molar-refractivity contribution in [1.29, 1.82) is 0 Å². The van der Waals surface area contributed by atoms with Crippen LogP contribution in [0.15, 0.2) is 35.7 Å². The van der Waals surface area contributed by atoms with Gasteiger partial charge in [-0.1, -0.05) is 24.3 Å². The Morgan fingerprint density at radius 2 is 2.00 bits per heavy atom. The van der Waals surface area contributed by atoms with Crippen molar-refractivity contribution in [3.05, 3.63) is 46.2 Å². The van der Waals surface area contributed by atoms with Crippen molar-refractivity contribution in [3.63, 3.8) is 0 Å². The third kappa shape index (κ3) is 4.82. The van der Waals surface area contributed by atoms with Crippen LogP contribution >= 0.6 is 11.3 Å². The first-order valence-electron chi connectivity index (χ1n) is 8.04. The van der Waals surface area contributed by atoms with Crippen molar-refractivity contribution in [2.75, 3.05) is 7.05 Å². The molecule has 0 fully saturated rings. The molecule has 0 saturated heterocycles. The SMILES string of the molecule is C[C@@H](N)c1cc(-c2ccccc2CN(C)C(=O)OC(C)(C)C)cs1. The fourth-order valence-corrected chi connectivity index (χ4v) is 3.20. The Balaban J connectivity index is 2.21. The maximum atomic E-state index is 12.2. The molecule has 0 saturated carbocycles. The smallest absolute Gasteiger partial charge is 0.410 e. The molecule has 0 aliphatic rings. The third-order valence-electron chi connectivity index (χ3n) is 3.51. The quantitative estimate of drug-likeness (QED) is 0.865. The summed E-state index contributed by atoms with van der Waals surface area (Å²) in [7, 11) is 1.76. The van der Waals surface area contributed by atoms with Gasteiger partial charge in [-0.25, -0.2) is 4.79 Å². The second-order valence-electron chi connectivity index (χ2n) is 7.02. The van der Waals surface area contributed by atoms with Gasteiger partial charge in [-0.05, 0) is 55.8 Å². The zero-order chi connectivity index (χ0) is 17.9. The fraction of sp³-hybridized carbons (Fsp3) is 0.421. The molecule has 4 nitrogen and oxygen atoms in total. The summed E-state index contributed by atoms with van der Waals surface area (Å²) in [6.45, 7) is 8.08. The zero-order valence-electron chi connectivity index (χ0n) is 15.0. The van der Waals surface area contributed by atoms with E-state index in [0.717, 1.165) is 21.6 Å². The second kappa shape index (κ2) is 7.36. The topological polar surface area (TPSA) is 55.6 Å². The number of rotatable bonds is 4. The number of hydrogen-bond acceptors (Lipinski definition) is 4. The van der Waals surface area contributed by atoms with Gasteiger partial charge in [0.1, 0.15) is 5.60 Å². The Morgan fingerprint density at radius 3 is 2.58 bits per heavy atom. The van der Waals surface area contributed by atoms with E-state index in [4.69, 9.17) is 10.5 Å². The Bertz CT molecular complexity index is 701. The van der Waals surface area contributed by atoms with Crippen molar-refractivity contribution < 1.29 is 9.53 Å². The molecule has 5 heteroatoms. The zero-order valence-corrected chi connectivity index (χ0v) is 15.8. The van der Waals surface area contributed by atoms with E-state index in [9.17, 15) is 4.79 Å². The summed E-state index contributed by atoms with van der Waals surface area (Å²) in [6.07, 6.45) is -0.320. The molecule has 1 atom stereocenters. The maximum absolute atomic E-state index is 12.2. The van der Waals surface area contributed by atoms with Gasteiger partial charge in [-0.15, -0.1) is 11.3 Å². The Labute approximate surface area is 148 Å². The molecule has 2 N–H and O–H groups in total. The van der Waals surface area contributed by atoms with Crippen molar-refractivity contribution in [2.24, 2.45) is 5.73 Å². The molecule has 0 bridgehead atoms. The number of amides is 1. The van der Waals surface area contributed by atoms with Gasteiger partial charge < -0.3 is 15.4 Å². The van der Waals surface area contributed by atoms with Crippen LogP contribution in [0.25, 0.3) is 11.1 Å². The molecule has 24 heavy (non-hydrogen) atoms. The summed E-state index contributed by atoms with van der Waals surface area (Å²) in [5, 5.41) is 2.12. The first-order chi connectivity index (χ1) is 11.2. The van der Waals surface area contributed by atoms with Crippen LogP contribution in [-0.4, -0.2) is 23.6 Å². The average molecular weight is 346 g/mol. The van der Waals surface area contributed by atoms with Gasteiger partial charge in [0.2, 0.25) is 0 Å². The van der Waals surface area contributed by atoms with E-state index in [-0.39, 0.29) is 12.1 Å². The van der Waals surface area contributed by atoms with Crippen molar-refractivity contribution in [1.82, 2.24) is 4.90 Å². The summed E-state index contributed by atoms with van der Waals surface area (Å²) in [6, 6.07) is 10.3. The maximum Gasteiger partial charge on any atom is 0.410 e. The molecule has 130 valence electrons. The van der Waals surface area contributed by atoms with Crippen LogP contribution in [0.4, 0.5) is 4.79 Å². The molecule has 1 aromatic heterocycles. The minimum absolute atomic E-state index is 0.0281. The van der Waals surface area contributed by atoms with Gasteiger partial charge in [0.05, 0.1) is 0 Å². The summed E-state index contributed by atoms with van der Waals surface area (Å²) < 4.78 is 5.43. The standard InChI is InChI=1S/C19H26N2O2S/c1-13(20)17-10-15(12-24-17)16-9-7-6-8-14(16)11-21(5)18(22)23-19(2,3)4/h6-10,12-13H,11,20H2,1-5H3/t13-/m1/s1. The lowest BCUT2D eigenvalue weighted by molar-refractivity contribution is 0.0285. The van der Waals surface area contributed by atoms with E-state index < -0.39 is 5.60 Å². The number of carbonyl (C=O) groups excluding carboxylic acids is 1. The van der Waals surface area contributed by atoms with E-state index in [2.05, 4.69) is 17.5 Å². The minimum Gasteiger partial charge on any atom is -0.444 e. The monoisotopic (exact) mass is 346 g/mol. The summed E-state index contributed by atoms with van der Waals surface area (Å²) in [5.41, 5.74) is 8.81. The van der Waals surface area contributed by atoms with Crippen LogP contribution in [0.3, 0.4) is 0 Å². The minimum atomic E-state index is -0.496. The third-order valence-corrected chi connectivity index (χ3v) is 4.64. The molecule has 2 aromatic rings. The first kappa shape index (κ1) is 18.5. The van der Waals surface area contributed by atoms with Gasteiger partial charge in [0, 0.05) is 24.5 Å². The van der Waals surface area contributed by atoms with Gasteiger partial charge in [0.25, 0.3) is 0 Å². The van der Waals surface area contributed by atoms with Crippen molar-refractivity contribution in [2.45, 2.75) is 45.9 Å². The highest BCUT2D eigenvalue weighted by Crippen LogP contribution is 2.31. The Kier molecular flexibility index (Phi) is 5.67. The van der Waals surface area contributed by atoms with E-state index in [1.165, 1.54) is 0 Å². The Morgan fingerprint density at radius 1 is 1.33 bits per heavy atom. The van der Waals surface area contributed by atoms with Gasteiger partial charge in [-0.2, -0.15) is 0 Å². The van der Waals surface area contributed by atoms with Crippen LogP contribution in [0.1, 0.15) is 44.2 Å². The second-order valence-corrected chi connectivity index (χ2v) is 7.96. The predicted octanol–water partition coefficient (Wildman–Crippen LogP) is 4.80. The lowest BCUT2D eigenvalue weighted by atomic mass is 10.0. The number of hydrogen-bond donors (Lipinski definition) is 1. The van der Waals surface area contributed by atoms with E-state index in [1.54, 1.807) is 23.3 Å². The van der Waals surface area contributed by atoms with Crippen LogP contribution < -0.4 is 5.73 Å². The number of nitrogens with two attached hydrogens (primary N) is 1. The van der Waals surface area contributed by atoms with Gasteiger partial charge in [0.15, 0.2) is 0 Å². The summed E-state index contributed by atoms with van der Waals surface area (Å²) >= 11 is 1.66. The molecule has 1 aromatic carbocycles. The molecule has 0 spiro atoms. The highest BCUT2D eigenvalue weighted by molar-refractivity contribution is 7.10. The number of carbonyl (C=O) groups is 1. The molecular formula is C19H26N2O2S. The molecule has 1 heterocycles. The largest absolute Gasteiger partial charge is 0.444 e. The molecular weight excluding hydrogens is 320 g/mol. The molecule has 0 aliphatic carbocycles. The van der Waals surface area contributed by atoms with E-state index in [1.807, 2.05) is 45.9 Å². The Hall–Kier alpha value is -1.85. The van der Waals surface area contributed by atoms with E-state index >= 15 is 0 Å². The first-order valence-corrected chi connectivity index (χ1v) is 8.92. The highest BCUT2D eigenvalue weighted by atomic mass is 32.1. The van der Waals surface area contributed by atoms with Gasteiger partial charge in [-0.3, -0.25) is 0 Å². The molecule has 0 radical (unpaired) electrons. The average Bonchev–Trinajstić information content (AvgIpc) is 2.96. The highest BCUT2D eigenvalue weighted by Gasteiger charge is 2.20. The van der Waals surface area contributed by atoms with Crippen LogP contribution in [0.5, 0.6) is 0 Å². The molecule has 0 aliphatic heterocycles. The van der Waals surface area contributed by atoms with Crippen molar-refractivity contribution >= 4 is 17.4 Å². The number of benzene rings is 1. The van der Waals surface area contributed by atoms with Crippen LogP contribution in [-0.2, 0) is 11.3 Å². The lowest BCUT2D eigenvalue weighted by Gasteiger charge is -2.25. The molecule has 1 amide bonds. The van der Waals surface area contributed by atoms with Crippen molar-refractivity contribution in [3.8, 4) is 11.1 Å².